The van der Waals surface area contributed by atoms with Gasteiger partial charge in [-0.1, -0.05) is 54.6 Å². The predicted octanol–water partition coefficient (Wildman–Crippen LogP) is 3.08. The van der Waals surface area contributed by atoms with Crippen LogP contribution in [0, 0.1) is 5.92 Å². The van der Waals surface area contributed by atoms with Crippen LogP contribution in [0.5, 0.6) is 0 Å². The maximum atomic E-state index is 13.9. The van der Waals surface area contributed by atoms with E-state index in [0.29, 0.717) is 6.42 Å². The van der Waals surface area contributed by atoms with Gasteiger partial charge in [-0.15, -0.1) is 0 Å². The van der Waals surface area contributed by atoms with Gasteiger partial charge in [-0.2, -0.15) is 0 Å². The number of carbonyl (C=O) groups is 2. The number of urea groups is 1. The van der Waals surface area contributed by atoms with Gasteiger partial charge in [0, 0.05) is 6.04 Å². The van der Waals surface area contributed by atoms with Crippen molar-refractivity contribution in [1.82, 2.24) is 15.5 Å². The molecule has 2 N–H and O–H groups in total. The topological polar surface area (TPSA) is 61.4 Å². The van der Waals surface area contributed by atoms with Crippen LogP contribution in [-0.4, -0.2) is 41.5 Å². The SMILES string of the molecule is O=C1N[C@@](CCc2ccccc2)(C2CCNCC2)C(=O)N1C1Cc2ccccc2C1. The van der Waals surface area contributed by atoms with Crippen LogP contribution < -0.4 is 10.6 Å². The number of nitrogens with zero attached hydrogens (tertiary/aromatic N) is 1. The van der Waals surface area contributed by atoms with Crippen molar-refractivity contribution in [2.24, 2.45) is 5.92 Å². The number of nitrogens with one attached hydrogen (secondary N) is 2. The Bertz CT molecular complexity index is 913. The molecule has 5 nitrogen and oxygen atoms in total. The Morgan fingerprint density at radius 3 is 2.20 bits per heavy atom. The summed E-state index contributed by atoms with van der Waals surface area (Å²) in [7, 11) is 0. The summed E-state index contributed by atoms with van der Waals surface area (Å²) < 4.78 is 0. The second-order valence-electron chi connectivity index (χ2n) is 8.92. The fourth-order valence-electron chi connectivity index (χ4n) is 5.61. The third-order valence-corrected chi connectivity index (χ3v) is 7.23. The summed E-state index contributed by atoms with van der Waals surface area (Å²) in [4.78, 5) is 28.7. The molecule has 2 aromatic rings. The molecular formula is C25H29N3O2. The normalized spacial score (nSPS) is 24.9. The van der Waals surface area contributed by atoms with Crippen molar-refractivity contribution in [3.8, 4) is 0 Å². The van der Waals surface area contributed by atoms with Crippen molar-refractivity contribution in [2.45, 2.75) is 50.1 Å². The van der Waals surface area contributed by atoms with Gasteiger partial charge in [-0.3, -0.25) is 9.69 Å². The van der Waals surface area contributed by atoms with Crippen molar-refractivity contribution >= 4 is 11.9 Å². The molecule has 2 aliphatic heterocycles. The number of hydrogen-bond acceptors (Lipinski definition) is 3. The molecule has 0 bridgehead atoms. The van der Waals surface area contributed by atoms with Gasteiger partial charge in [0.2, 0.25) is 0 Å². The Kier molecular flexibility index (Phi) is 5.07. The van der Waals surface area contributed by atoms with E-state index in [0.717, 1.165) is 45.2 Å². The molecule has 5 heteroatoms. The van der Waals surface area contributed by atoms with Crippen molar-refractivity contribution in [3.05, 3.63) is 71.3 Å². The van der Waals surface area contributed by atoms with E-state index in [1.54, 1.807) is 4.90 Å². The predicted molar refractivity (Wildman–Crippen MR) is 116 cm³/mol. The lowest BCUT2D eigenvalue weighted by Gasteiger charge is -2.38. The van der Waals surface area contributed by atoms with Crippen LogP contribution in [0.3, 0.4) is 0 Å². The number of carbonyl (C=O) groups excluding carboxylic acids is 2. The maximum Gasteiger partial charge on any atom is 0.325 e. The van der Waals surface area contributed by atoms with E-state index in [9.17, 15) is 9.59 Å². The number of rotatable bonds is 5. The fraction of sp³-hybridized carbons (Fsp3) is 0.440. The molecular weight excluding hydrogens is 374 g/mol. The van der Waals surface area contributed by atoms with Crippen LogP contribution in [0.15, 0.2) is 54.6 Å². The average molecular weight is 404 g/mol. The van der Waals surface area contributed by atoms with Gasteiger partial charge >= 0.3 is 6.03 Å². The fourth-order valence-corrected chi connectivity index (χ4v) is 5.61. The molecule has 0 unspecified atom stereocenters. The zero-order valence-electron chi connectivity index (χ0n) is 17.3. The largest absolute Gasteiger partial charge is 0.325 e. The van der Waals surface area contributed by atoms with Crippen LogP contribution in [0.1, 0.15) is 36.0 Å². The summed E-state index contributed by atoms with van der Waals surface area (Å²) >= 11 is 0. The number of fused-ring (bicyclic) bond motifs is 1. The standard InChI is InChI=1S/C25H29N3O2/c29-23-25(21-11-14-26-15-12-21,13-10-18-6-2-1-3-7-18)27-24(30)28(23)22-16-19-8-4-5-9-20(19)17-22/h1-9,21-22,26H,10-17H2,(H,27,30)/t25-/m0/s1. The van der Waals surface area contributed by atoms with Gasteiger partial charge < -0.3 is 10.6 Å². The van der Waals surface area contributed by atoms with Crippen molar-refractivity contribution in [3.63, 3.8) is 0 Å². The molecule has 2 aromatic carbocycles. The molecule has 1 aliphatic carbocycles. The summed E-state index contributed by atoms with van der Waals surface area (Å²) in [5.41, 5.74) is 2.93. The Labute approximate surface area is 177 Å². The van der Waals surface area contributed by atoms with Crippen LogP contribution in [0.4, 0.5) is 4.79 Å². The van der Waals surface area contributed by atoms with Crippen molar-refractivity contribution in [2.75, 3.05) is 13.1 Å². The molecule has 2 heterocycles. The van der Waals surface area contributed by atoms with E-state index in [1.807, 2.05) is 30.3 Å². The van der Waals surface area contributed by atoms with Gasteiger partial charge in [0.1, 0.15) is 5.54 Å². The van der Waals surface area contributed by atoms with Gasteiger partial charge in [-0.25, -0.2) is 4.79 Å². The first kappa shape index (κ1) is 19.3. The highest BCUT2D eigenvalue weighted by atomic mass is 16.2. The van der Waals surface area contributed by atoms with Crippen molar-refractivity contribution < 1.29 is 9.59 Å². The summed E-state index contributed by atoms with van der Waals surface area (Å²) in [6.45, 7) is 1.80. The first-order chi connectivity index (χ1) is 14.7. The van der Waals surface area contributed by atoms with Gasteiger partial charge in [0.15, 0.2) is 0 Å². The highest BCUT2D eigenvalue weighted by molar-refractivity contribution is 6.07. The Morgan fingerprint density at radius 2 is 1.53 bits per heavy atom. The molecule has 3 aliphatic rings. The molecule has 1 atom stereocenters. The Morgan fingerprint density at radius 1 is 0.900 bits per heavy atom. The first-order valence-corrected chi connectivity index (χ1v) is 11.1. The van der Waals surface area contributed by atoms with E-state index >= 15 is 0 Å². The minimum Gasteiger partial charge on any atom is -0.323 e. The van der Waals surface area contributed by atoms with Crippen molar-refractivity contribution in [1.29, 1.82) is 0 Å². The summed E-state index contributed by atoms with van der Waals surface area (Å²) in [6, 6.07) is 18.3. The first-order valence-electron chi connectivity index (χ1n) is 11.1. The number of hydrogen-bond donors (Lipinski definition) is 2. The molecule has 0 saturated carbocycles. The molecule has 30 heavy (non-hydrogen) atoms. The molecule has 2 fully saturated rings. The number of imide groups is 1. The maximum absolute atomic E-state index is 13.9. The summed E-state index contributed by atoms with van der Waals surface area (Å²) in [6.07, 6.45) is 4.80. The van der Waals surface area contributed by atoms with Crippen LogP contribution in [-0.2, 0) is 24.1 Å². The molecule has 5 rings (SSSR count). The zero-order valence-corrected chi connectivity index (χ0v) is 17.3. The van der Waals surface area contributed by atoms with Gasteiger partial charge in [-0.05, 0) is 74.2 Å². The average Bonchev–Trinajstić information content (AvgIpc) is 3.32. The number of piperidine rings is 1. The summed E-state index contributed by atoms with van der Waals surface area (Å²) in [5.74, 6) is 0.167. The summed E-state index contributed by atoms with van der Waals surface area (Å²) in [5, 5.41) is 6.62. The minimum atomic E-state index is -0.788. The quantitative estimate of drug-likeness (QED) is 0.755. The van der Waals surface area contributed by atoms with Gasteiger partial charge in [0.05, 0.1) is 0 Å². The van der Waals surface area contributed by atoms with Crippen LogP contribution in [0.25, 0.3) is 0 Å². The van der Waals surface area contributed by atoms with Crippen LogP contribution in [0.2, 0.25) is 0 Å². The smallest absolute Gasteiger partial charge is 0.323 e. The second-order valence-corrected chi connectivity index (χ2v) is 8.92. The Hall–Kier alpha value is -2.66. The van der Waals surface area contributed by atoms with E-state index in [4.69, 9.17) is 0 Å². The lowest BCUT2D eigenvalue weighted by molar-refractivity contribution is -0.135. The number of benzene rings is 2. The molecule has 0 spiro atoms. The second kappa shape index (κ2) is 7.88. The highest BCUT2D eigenvalue weighted by Gasteiger charge is 2.57. The molecule has 3 amide bonds. The molecule has 2 saturated heterocycles. The third-order valence-electron chi connectivity index (χ3n) is 7.23. The van der Waals surface area contributed by atoms with E-state index in [2.05, 4.69) is 34.9 Å². The third kappa shape index (κ3) is 3.31. The highest BCUT2D eigenvalue weighted by Crippen LogP contribution is 2.38. The number of amides is 3. The lowest BCUT2D eigenvalue weighted by atomic mass is 9.74. The lowest BCUT2D eigenvalue weighted by Crippen LogP contribution is -2.56. The monoisotopic (exact) mass is 403 g/mol. The van der Waals surface area contributed by atoms with Crippen LogP contribution >= 0.6 is 0 Å². The molecule has 156 valence electrons. The molecule has 0 radical (unpaired) electrons. The zero-order chi connectivity index (χ0) is 20.6. The van der Waals surface area contributed by atoms with Gasteiger partial charge in [0.25, 0.3) is 5.91 Å². The van der Waals surface area contributed by atoms with E-state index in [1.165, 1.54) is 16.7 Å². The van der Waals surface area contributed by atoms with E-state index in [-0.39, 0.29) is 23.9 Å². The minimum absolute atomic E-state index is 0.00635. The number of aryl methyl sites for hydroxylation is 1. The Balaban J connectivity index is 1.42. The van der Waals surface area contributed by atoms with E-state index < -0.39 is 5.54 Å². The molecule has 0 aromatic heterocycles.